The zero-order valence-electron chi connectivity index (χ0n) is 10.3. The standard InChI is InChI=1S/C11H13Cl3FNO2S/c1-11(2,5-12)6-16-19(17,18)8-4-3-7(13)10(15)9(8)14/h3-4,16H,5-6H2,1-2H3. The average Bonchev–Trinajstić information content (AvgIpc) is 2.34. The minimum Gasteiger partial charge on any atom is -0.211 e. The Bertz CT molecular complexity index is 576. The van der Waals surface area contributed by atoms with Crippen LogP contribution < -0.4 is 4.72 Å². The highest BCUT2D eigenvalue weighted by atomic mass is 35.5. The molecular weight excluding hydrogens is 336 g/mol. The molecule has 0 radical (unpaired) electrons. The minimum absolute atomic E-state index is 0.111. The van der Waals surface area contributed by atoms with Gasteiger partial charge in [-0.1, -0.05) is 37.0 Å². The molecule has 8 heteroatoms. The second kappa shape index (κ2) is 6.14. The van der Waals surface area contributed by atoms with Gasteiger partial charge in [0.2, 0.25) is 10.0 Å². The van der Waals surface area contributed by atoms with Crippen LogP contribution in [-0.2, 0) is 10.0 Å². The van der Waals surface area contributed by atoms with Crippen LogP contribution in [0.4, 0.5) is 4.39 Å². The molecule has 0 aliphatic heterocycles. The fourth-order valence-electron chi connectivity index (χ4n) is 1.13. The van der Waals surface area contributed by atoms with Gasteiger partial charge < -0.3 is 0 Å². The molecule has 1 aromatic rings. The zero-order chi connectivity index (χ0) is 14.8. The molecule has 0 aliphatic carbocycles. The summed E-state index contributed by atoms with van der Waals surface area (Å²) in [5.41, 5.74) is -0.425. The summed E-state index contributed by atoms with van der Waals surface area (Å²) in [6.07, 6.45) is 0. The van der Waals surface area contributed by atoms with Crippen LogP contribution in [0.3, 0.4) is 0 Å². The van der Waals surface area contributed by atoms with Gasteiger partial charge in [-0.3, -0.25) is 0 Å². The first kappa shape index (κ1) is 17.0. The second-order valence-corrected chi connectivity index (χ2v) is 7.58. The van der Waals surface area contributed by atoms with E-state index in [0.717, 1.165) is 12.1 Å². The van der Waals surface area contributed by atoms with Crippen molar-refractivity contribution in [3.8, 4) is 0 Å². The number of hydrogen-bond donors (Lipinski definition) is 1. The van der Waals surface area contributed by atoms with E-state index in [-0.39, 0.29) is 22.3 Å². The molecule has 1 N–H and O–H groups in total. The van der Waals surface area contributed by atoms with E-state index in [2.05, 4.69) is 4.72 Å². The topological polar surface area (TPSA) is 46.2 Å². The molecule has 0 aliphatic rings. The van der Waals surface area contributed by atoms with Crippen molar-refractivity contribution < 1.29 is 12.8 Å². The predicted octanol–water partition coefficient (Wildman–Crippen LogP) is 3.68. The number of hydrogen-bond acceptors (Lipinski definition) is 2. The number of nitrogens with one attached hydrogen (secondary N) is 1. The normalized spacial score (nSPS) is 12.7. The van der Waals surface area contributed by atoms with Crippen LogP contribution in [0.1, 0.15) is 13.8 Å². The van der Waals surface area contributed by atoms with E-state index < -0.39 is 26.3 Å². The fraction of sp³-hybridized carbons (Fsp3) is 0.455. The molecule has 3 nitrogen and oxygen atoms in total. The highest BCUT2D eigenvalue weighted by molar-refractivity contribution is 7.89. The Kier molecular flexibility index (Phi) is 5.49. The molecule has 108 valence electrons. The molecular formula is C11H13Cl3FNO2S. The number of alkyl halides is 1. The van der Waals surface area contributed by atoms with Crippen molar-refractivity contribution in [1.29, 1.82) is 0 Å². The molecule has 0 bridgehead atoms. The summed E-state index contributed by atoms with van der Waals surface area (Å²) < 4.78 is 39.9. The summed E-state index contributed by atoms with van der Waals surface area (Å²) >= 11 is 16.9. The average molecular weight is 349 g/mol. The van der Waals surface area contributed by atoms with Crippen molar-refractivity contribution in [2.24, 2.45) is 5.41 Å². The van der Waals surface area contributed by atoms with E-state index in [9.17, 15) is 12.8 Å². The monoisotopic (exact) mass is 347 g/mol. The zero-order valence-corrected chi connectivity index (χ0v) is 13.4. The van der Waals surface area contributed by atoms with Crippen LogP contribution in [-0.4, -0.2) is 20.8 Å². The molecule has 0 amide bonds. The summed E-state index contributed by atoms with van der Waals surface area (Å²) in [5, 5.41) is -0.756. The minimum atomic E-state index is -3.91. The van der Waals surface area contributed by atoms with E-state index in [1.54, 1.807) is 13.8 Å². The van der Waals surface area contributed by atoms with E-state index >= 15 is 0 Å². The SMILES string of the molecule is CC(C)(CCl)CNS(=O)(=O)c1ccc(Cl)c(F)c1Cl. The van der Waals surface area contributed by atoms with Crippen molar-refractivity contribution in [2.75, 3.05) is 12.4 Å². The van der Waals surface area contributed by atoms with Crippen molar-refractivity contribution in [3.05, 3.63) is 28.0 Å². The van der Waals surface area contributed by atoms with Crippen LogP contribution in [0.2, 0.25) is 10.0 Å². The lowest BCUT2D eigenvalue weighted by Crippen LogP contribution is -2.35. The maximum atomic E-state index is 13.5. The first-order valence-electron chi connectivity index (χ1n) is 5.30. The molecule has 0 fully saturated rings. The molecule has 1 aromatic carbocycles. The van der Waals surface area contributed by atoms with Crippen molar-refractivity contribution >= 4 is 44.8 Å². The van der Waals surface area contributed by atoms with E-state index in [0.29, 0.717) is 0 Å². The summed E-state index contributed by atoms with van der Waals surface area (Å²) in [6.45, 7) is 3.71. The third kappa shape index (κ3) is 4.20. The van der Waals surface area contributed by atoms with E-state index in [4.69, 9.17) is 34.8 Å². The molecule has 1 rings (SSSR count). The second-order valence-electron chi connectivity index (χ2n) is 4.80. The number of benzene rings is 1. The lowest BCUT2D eigenvalue weighted by Gasteiger charge is -2.21. The maximum Gasteiger partial charge on any atom is 0.242 e. The molecule has 19 heavy (non-hydrogen) atoms. The molecule has 0 unspecified atom stereocenters. The fourth-order valence-corrected chi connectivity index (χ4v) is 3.21. The Labute approximate surface area is 127 Å². The van der Waals surface area contributed by atoms with Gasteiger partial charge in [0, 0.05) is 12.4 Å². The third-order valence-corrected chi connectivity index (χ3v) is 5.33. The Morgan fingerprint density at radius 1 is 1.32 bits per heavy atom. The first-order valence-corrected chi connectivity index (χ1v) is 8.07. The summed E-state index contributed by atoms with van der Waals surface area (Å²) in [6, 6.07) is 2.30. The number of sulfonamides is 1. The van der Waals surface area contributed by atoms with Gasteiger partial charge >= 0.3 is 0 Å². The van der Waals surface area contributed by atoms with Crippen LogP contribution >= 0.6 is 34.8 Å². The largest absolute Gasteiger partial charge is 0.242 e. The quantitative estimate of drug-likeness (QED) is 0.652. The molecule has 0 heterocycles. The van der Waals surface area contributed by atoms with Crippen LogP contribution in [0.25, 0.3) is 0 Å². The van der Waals surface area contributed by atoms with Crippen LogP contribution in [0, 0.1) is 11.2 Å². The van der Waals surface area contributed by atoms with Crippen molar-refractivity contribution in [1.82, 2.24) is 4.72 Å². The summed E-state index contributed by atoms with van der Waals surface area (Å²) in [7, 11) is -3.91. The lowest BCUT2D eigenvalue weighted by atomic mass is 9.97. The Balaban J connectivity index is 3.06. The Morgan fingerprint density at radius 3 is 2.42 bits per heavy atom. The van der Waals surface area contributed by atoms with Crippen molar-refractivity contribution in [2.45, 2.75) is 18.7 Å². The highest BCUT2D eigenvalue weighted by Gasteiger charge is 2.25. The van der Waals surface area contributed by atoms with Gasteiger partial charge in [0.1, 0.15) is 4.90 Å². The lowest BCUT2D eigenvalue weighted by molar-refractivity contribution is 0.414. The molecule has 0 saturated carbocycles. The van der Waals surface area contributed by atoms with Gasteiger partial charge in [-0.2, -0.15) is 0 Å². The maximum absolute atomic E-state index is 13.5. The Hall–Kier alpha value is -0.0700. The summed E-state index contributed by atoms with van der Waals surface area (Å²) in [4.78, 5) is -0.346. The Morgan fingerprint density at radius 2 is 1.89 bits per heavy atom. The number of halogens is 4. The van der Waals surface area contributed by atoms with Gasteiger partial charge in [0.05, 0.1) is 10.0 Å². The number of rotatable bonds is 5. The van der Waals surface area contributed by atoms with Gasteiger partial charge in [0.15, 0.2) is 5.82 Å². The molecule has 0 spiro atoms. The van der Waals surface area contributed by atoms with Gasteiger partial charge in [0.25, 0.3) is 0 Å². The molecule has 0 saturated heterocycles. The molecule has 0 aromatic heterocycles. The van der Waals surface area contributed by atoms with E-state index in [1.165, 1.54) is 0 Å². The van der Waals surface area contributed by atoms with Crippen molar-refractivity contribution in [3.63, 3.8) is 0 Å². The summed E-state index contributed by atoms with van der Waals surface area (Å²) in [5.74, 6) is -0.680. The van der Waals surface area contributed by atoms with Gasteiger partial charge in [-0.15, -0.1) is 11.6 Å². The third-order valence-electron chi connectivity index (χ3n) is 2.39. The van der Waals surface area contributed by atoms with Gasteiger partial charge in [-0.25, -0.2) is 17.5 Å². The smallest absolute Gasteiger partial charge is 0.211 e. The van der Waals surface area contributed by atoms with Gasteiger partial charge in [-0.05, 0) is 17.5 Å². The van der Waals surface area contributed by atoms with Crippen LogP contribution in [0.5, 0.6) is 0 Å². The van der Waals surface area contributed by atoms with Crippen LogP contribution in [0.15, 0.2) is 17.0 Å². The molecule has 0 atom stereocenters. The highest BCUT2D eigenvalue weighted by Crippen LogP contribution is 2.29. The predicted molar refractivity (Wildman–Crippen MR) is 76.1 cm³/mol. The van der Waals surface area contributed by atoms with E-state index in [1.807, 2.05) is 0 Å². The first-order chi connectivity index (χ1) is 8.60.